The quantitative estimate of drug-likeness (QED) is 0.392. The maximum atomic E-state index is 9.51. The van der Waals surface area contributed by atoms with Crippen LogP contribution in [0.25, 0.3) is 22.3 Å². The maximum absolute atomic E-state index is 9.51. The second-order valence-electron chi connectivity index (χ2n) is 8.00. The van der Waals surface area contributed by atoms with Crippen LogP contribution in [0.2, 0.25) is 0 Å². The fourth-order valence-electron chi connectivity index (χ4n) is 4.32. The van der Waals surface area contributed by atoms with E-state index in [-0.39, 0.29) is 13.2 Å². The van der Waals surface area contributed by atoms with Gasteiger partial charge in [0.05, 0.1) is 54.2 Å². The van der Waals surface area contributed by atoms with Gasteiger partial charge in [0.2, 0.25) is 0 Å². The van der Waals surface area contributed by atoms with E-state index in [0.717, 1.165) is 29.6 Å². The molecule has 3 atom stereocenters. The van der Waals surface area contributed by atoms with Crippen molar-refractivity contribution in [2.24, 2.45) is 5.92 Å². The zero-order valence-electron chi connectivity index (χ0n) is 17.6. The summed E-state index contributed by atoms with van der Waals surface area (Å²) < 4.78 is 3.84. The van der Waals surface area contributed by atoms with Gasteiger partial charge in [-0.05, 0) is 24.8 Å². The summed E-state index contributed by atoms with van der Waals surface area (Å²) >= 11 is 0. The van der Waals surface area contributed by atoms with Crippen LogP contribution in [0, 0.1) is 11.3 Å². The van der Waals surface area contributed by atoms with Crippen LogP contribution in [-0.4, -0.2) is 60.1 Å². The van der Waals surface area contributed by atoms with Crippen molar-refractivity contribution in [3.05, 3.63) is 42.7 Å². The Morgan fingerprint density at radius 2 is 2.23 bits per heavy atom. The minimum absolute atomic E-state index is 0.178. The molecule has 1 aliphatic carbocycles. The normalized spacial score (nSPS) is 20.3. The number of hydrogen-bond acceptors (Lipinski definition) is 7. The van der Waals surface area contributed by atoms with Gasteiger partial charge >= 0.3 is 0 Å². The van der Waals surface area contributed by atoms with Crippen LogP contribution in [0.5, 0.6) is 0 Å². The van der Waals surface area contributed by atoms with Gasteiger partial charge in [-0.1, -0.05) is 19.8 Å². The summed E-state index contributed by atoms with van der Waals surface area (Å²) in [6.07, 6.45) is 14.2. The Morgan fingerprint density at radius 1 is 1.35 bits per heavy atom. The summed E-state index contributed by atoms with van der Waals surface area (Å²) in [4.78, 5) is 4.83. The molecule has 31 heavy (non-hydrogen) atoms. The number of aliphatic hydroxyl groups excluding tert-OH is 2. The molecule has 9 heteroatoms. The molecule has 4 rings (SSSR count). The Labute approximate surface area is 180 Å². The van der Waals surface area contributed by atoms with Gasteiger partial charge in [0.25, 0.3) is 0 Å². The average Bonchev–Trinajstić information content (AvgIpc) is 3.55. The Morgan fingerprint density at radius 3 is 3.00 bits per heavy atom. The van der Waals surface area contributed by atoms with E-state index >= 15 is 0 Å². The molecule has 3 aromatic rings. The average molecular weight is 424 g/mol. The van der Waals surface area contributed by atoms with Gasteiger partial charge in [0, 0.05) is 36.3 Å². The Balaban J connectivity index is 1.68. The predicted octanol–water partition coefficient (Wildman–Crippen LogP) is 2.28. The molecule has 4 N–H and O–H groups in total. The third-order valence-corrected chi connectivity index (χ3v) is 6.02. The molecular formula is C22H29N7O2. The first-order chi connectivity index (χ1) is 15.1. The van der Waals surface area contributed by atoms with Crippen molar-refractivity contribution >= 4 is 17.3 Å². The van der Waals surface area contributed by atoms with Crippen LogP contribution in [0.3, 0.4) is 0 Å². The molecule has 3 unspecified atom stereocenters. The molecule has 0 aromatic carbocycles. The minimum Gasteiger partial charge on any atom is -0.394 e. The van der Waals surface area contributed by atoms with Crippen molar-refractivity contribution in [1.29, 1.82) is 5.41 Å². The number of nitrogens with one attached hydrogen (secondary N) is 2. The first-order valence-corrected chi connectivity index (χ1v) is 10.8. The number of allylic oxidation sites excluding steroid dienone is 1. The van der Waals surface area contributed by atoms with E-state index in [1.165, 1.54) is 19.1 Å². The lowest BCUT2D eigenvalue weighted by atomic mass is 10.0. The van der Waals surface area contributed by atoms with E-state index in [2.05, 4.69) is 33.3 Å². The lowest BCUT2D eigenvalue weighted by Gasteiger charge is -2.18. The number of nitrogens with zero attached hydrogens (tertiary/aromatic N) is 5. The fraction of sp³-hybridized carbons (Fsp3) is 0.455. The number of aromatic nitrogens is 5. The standard InChI is InChI=1S/C22H29N7O2/c1-2-15-4-3-5-20(15)28-12-17(10-26-28)22-21-6-7-25-29(21)13-19(27-22)16(8-23)9-24-11-18(31)14-30/h6-10,12-13,15,18,20,23-24,30-31H,2-5,11,14H2,1H3/b16-9+,23-8?. The summed E-state index contributed by atoms with van der Waals surface area (Å²) in [6.45, 7) is 2.09. The largest absolute Gasteiger partial charge is 0.394 e. The van der Waals surface area contributed by atoms with Crippen molar-refractivity contribution in [2.45, 2.75) is 44.8 Å². The van der Waals surface area contributed by atoms with E-state index in [9.17, 15) is 5.11 Å². The molecule has 3 aromatic heterocycles. The Kier molecular flexibility index (Phi) is 6.43. The van der Waals surface area contributed by atoms with Gasteiger partial charge in [-0.15, -0.1) is 0 Å². The molecule has 164 valence electrons. The van der Waals surface area contributed by atoms with Crippen LogP contribution >= 0.6 is 0 Å². The van der Waals surface area contributed by atoms with Crippen LogP contribution in [0.15, 0.2) is 37.1 Å². The lowest BCUT2D eigenvalue weighted by molar-refractivity contribution is 0.0972. The van der Waals surface area contributed by atoms with Crippen molar-refractivity contribution < 1.29 is 10.2 Å². The van der Waals surface area contributed by atoms with Crippen LogP contribution in [-0.2, 0) is 0 Å². The zero-order chi connectivity index (χ0) is 21.8. The van der Waals surface area contributed by atoms with Gasteiger partial charge in [-0.3, -0.25) is 4.68 Å². The predicted molar refractivity (Wildman–Crippen MR) is 119 cm³/mol. The Bertz CT molecular complexity index is 1070. The molecule has 0 amide bonds. The van der Waals surface area contributed by atoms with Gasteiger partial charge in [-0.25, -0.2) is 9.50 Å². The topological polar surface area (TPSA) is 124 Å². The van der Waals surface area contributed by atoms with Crippen molar-refractivity contribution in [2.75, 3.05) is 13.2 Å². The highest BCUT2D eigenvalue weighted by Crippen LogP contribution is 2.38. The van der Waals surface area contributed by atoms with E-state index in [4.69, 9.17) is 15.5 Å². The van der Waals surface area contributed by atoms with E-state index in [0.29, 0.717) is 23.2 Å². The van der Waals surface area contributed by atoms with Gasteiger partial charge < -0.3 is 20.9 Å². The van der Waals surface area contributed by atoms with Gasteiger partial charge in [0.1, 0.15) is 0 Å². The molecule has 3 heterocycles. The van der Waals surface area contributed by atoms with Crippen LogP contribution in [0.4, 0.5) is 0 Å². The third kappa shape index (κ3) is 4.38. The maximum Gasteiger partial charge on any atom is 0.0999 e. The monoisotopic (exact) mass is 423 g/mol. The molecule has 0 aliphatic heterocycles. The number of hydrogen-bond donors (Lipinski definition) is 4. The van der Waals surface area contributed by atoms with Crippen molar-refractivity contribution in [1.82, 2.24) is 29.7 Å². The highest BCUT2D eigenvalue weighted by atomic mass is 16.3. The molecule has 0 bridgehead atoms. The SMILES string of the molecule is CCC1CCCC1n1cc(-c2nc(/C(C=N)=C/NCC(O)CO)cn3nccc23)cn1. The van der Waals surface area contributed by atoms with E-state index in [1.807, 2.05) is 12.3 Å². The summed E-state index contributed by atoms with van der Waals surface area (Å²) in [5.41, 5.74) is 3.66. The summed E-state index contributed by atoms with van der Waals surface area (Å²) in [5.74, 6) is 0.662. The molecule has 1 fully saturated rings. The minimum atomic E-state index is -0.867. The zero-order valence-corrected chi connectivity index (χ0v) is 17.6. The van der Waals surface area contributed by atoms with Crippen molar-refractivity contribution in [3.63, 3.8) is 0 Å². The molecule has 1 saturated carbocycles. The van der Waals surface area contributed by atoms with Crippen LogP contribution < -0.4 is 5.32 Å². The van der Waals surface area contributed by atoms with Crippen LogP contribution in [0.1, 0.15) is 44.3 Å². The first-order valence-electron chi connectivity index (χ1n) is 10.8. The fourth-order valence-corrected chi connectivity index (χ4v) is 4.32. The van der Waals surface area contributed by atoms with E-state index in [1.54, 1.807) is 23.1 Å². The molecule has 0 saturated heterocycles. The molecular weight excluding hydrogens is 394 g/mol. The summed E-state index contributed by atoms with van der Waals surface area (Å²) in [7, 11) is 0. The third-order valence-electron chi connectivity index (χ3n) is 6.02. The van der Waals surface area contributed by atoms with Crippen molar-refractivity contribution in [3.8, 4) is 11.3 Å². The number of aliphatic hydroxyl groups is 2. The highest BCUT2D eigenvalue weighted by Gasteiger charge is 2.28. The smallest absolute Gasteiger partial charge is 0.0999 e. The summed E-state index contributed by atoms with van der Waals surface area (Å²) in [6, 6.07) is 2.35. The van der Waals surface area contributed by atoms with Gasteiger partial charge in [0.15, 0.2) is 0 Å². The number of rotatable bonds is 9. The molecule has 1 aliphatic rings. The molecule has 0 radical (unpaired) electrons. The number of fused-ring (bicyclic) bond motifs is 1. The highest BCUT2D eigenvalue weighted by molar-refractivity contribution is 6.07. The Hall–Kier alpha value is -3.04. The summed E-state index contributed by atoms with van der Waals surface area (Å²) in [5, 5.41) is 38.2. The van der Waals surface area contributed by atoms with Gasteiger partial charge in [-0.2, -0.15) is 10.2 Å². The van der Waals surface area contributed by atoms with E-state index < -0.39 is 6.10 Å². The second kappa shape index (κ2) is 9.40. The molecule has 9 nitrogen and oxygen atoms in total. The lowest BCUT2D eigenvalue weighted by Crippen LogP contribution is -2.26. The molecule has 0 spiro atoms. The first kappa shape index (κ1) is 21.2. The second-order valence-corrected chi connectivity index (χ2v) is 8.00.